The molecule has 0 unspecified atom stereocenters. The Morgan fingerprint density at radius 1 is 1.40 bits per heavy atom. The molecule has 0 heterocycles. The SMILES string of the molecule is CCOCCOC(=O)c1cccc(F)c1. The second-order valence-corrected chi connectivity index (χ2v) is 2.84. The third-order valence-electron chi connectivity index (χ3n) is 1.73. The number of hydrogen-bond donors (Lipinski definition) is 0. The van der Waals surface area contributed by atoms with Crippen molar-refractivity contribution in [3.8, 4) is 0 Å². The van der Waals surface area contributed by atoms with Crippen LogP contribution >= 0.6 is 0 Å². The Bertz CT molecular complexity index is 325. The Morgan fingerprint density at radius 2 is 2.20 bits per heavy atom. The first-order valence-electron chi connectivity index (χ1n) is 4.74. The molecule has 0 saturated heterocycles. The van der Waals surface area contributed by atoms with Crippen molar-refractivity contribution in [2.24, 2.45) is 0 Å². The van der Waals surface area contributed by atoms with Crippen molar-refractivity contribution < 1.29 is 18.7 Å². The van der Waals surface area contributed by atoms with Crippen molar-refractivity contribution in [2.75, 3.05) is 19.8 Å². The molecular formula is C11H13FO3. The van der Waals surface area contributed by atoms with Crippen LogP contribution in [0.25, 0.3) is 0 Å². The fraction of sp³-hybridized carbons (Fsp3) is 0.364. The van der Waals surface area contributed by atoms with E-state index in [0.29, 0.717) is 13.2 Å². The van der Waals surface area contributed by atoms with Crippen molar-refractivity contribution in [1.29, 1.82) is 0 Å². The van der Waals surface area contributed by atoms with Gasteiger partial charge in [0.2, 0.25) is 0 Å². The zero-order valence-electron chi connectivity index (χ0n) is 8.53. The lowest BCUT2D eigenvalue weighted by Gasteiger charge is -2.04. The van der Waals surface area contributed by atoms with Crippen LogP contribution in [0.2, 0.25) is 0 Å². The summed E-state index contributed by atoms with van der Waals surface area (Å²) in [6.07, 6.45) is 0. The smallest absolute Gasteiger partial charge is 0.338 e. The molecule has 1 aromatic rings. The van der Waals surface area contributed by atoms with E-state index in [9.17, 15) is 9.18 Å². The van der Waals surface area contributed by atoms with Crippen LogP contribution in [-0.2, 0) is 9.47 Å². The molecule has 0 radical (unpaired) electrons. The van der Waals surface area contributed by atoms with Gasteiger partial charge in [-0.15, -0.1) is 0 Å². The summed E-state index contributed by atoms with van der Waals surface area (Å²) in [6.45, 7) is 2.98. The normalized spacial score (nSPS) is 10.0. The number of rotatable bonds is 5. The van der Waals surface area contributed by atoms with Gasteiger partial charge in [-0.3, -0.25) is 0 Å². The van der Waals surface area contributed by atoms with Gasteiger partial charge in [-0.05, 0) is 25.1 Å². The van der Waals surface area contributed by atoms with Gasteiger partial charge in [0.25, 0.3) is 0 Å². The van der Waals surface area contributed by atoms with E-state index in [2.05, 4.69) is 0 Å². The van der Waals surface area contributed by atoms with Crippen LogP contribution in [-0.4, -0.2) is 25.8 Å². The number of carbonyl (C=O) groups is 1. The van der Waals surface area contributed by atoms with Gasteiger partial charge < -0.3 is 9.47 Å². The predicted octanol–water partition coefficient (Wildman–Crippen LogP) is 2.02. The fourth-order valence-electron chi connectivity index (χ4n) is 1.04. The average Bonchev–Trinajstić information content (AvgIpc) is 2.24. The minimum absolute atomic E-state index is 0.184. The summed E-state index contributed by atoms with van der Waals surface area (Å²) in [6, 6.07) is 5.39. The monoisotopic (exact) mass is 212 g/mol. The molecule has 0 atom stereocenters. The minimum atomic E-state index is -0.533. The molecule has 0 aromatic heterocycles. The van der Waals surface area contributed by atoms with Gasteiger partial charge in [-0.1, -0.05) is 6.07 Å². The van der Waals surface area contributed by atoms with Crippen molar-refractivity contribution in [1.82, 2.24) is 0 Å². The maximum Gasteiger partial charge on any atom is 0.338 e. The van der Waals surface area contributed by atoms with Crippen molar-refractivity contribution in [3.05, 3.63) is 35.6 Å². The van der Waals surface area contributed by atoms with E-state index in [1.54, 1.807) is 0 Å². The molecule has 15 heavy (non-hydrogen) atoms. The van der Waals surface area contributed by atoms with Crippen molar-refractivity contribution >= 4 is 5.97 Å². The summed E-state index contributed by atoms with van der Waals surface area (Å²) >= 11 is 0. The van der Waals surface area contributed by atoms with Crippen LogP contribution in [0.5, 0.6) is 0 Å². The summed E-state index contributed by atoms with van der Waals surface area (Å²) in [5.74, 6) is -0.983. The molecule has 1 rings (SSSR count). The second kappa shape index (κ2) is 6.14. The fourth-order valence-corrected chi connectivity index (χ4v) is 1.04. The summed E-state index contributed by atoms with van der Waals surface area (Å²) < 4.78 is 22.6. The van der Waals surface area contributed by atoms with Gasteiger partial charge in [0, 0.05) is 6.61 Å². The number of halogens is 1. The summed E-state index contributed by atoms with van der Waals surface area (Å²) in [7, 11) is 0. The van der Waals surface area contributed by atoms with Crippen LogP contribution in [0.4, 0.5) is 4.39 Å². The largest absolute Gasteiger partial charge is 0.460 e. The first-order valence-corrected chi connectivity index (χ1v) is 4.74. The molecule has 0 bridgehead atoms. The Morgan fingerprint density at radius 3 is 2.87 bits per heavy atom. The zero-order valence-corrected chi connectivity index (χ0v) is 8.53. The lowest BCUT2D eigenvalue weighted by molar-refractivity contribution is 0.0335. The summed E-state index contributed by atoms with van der Waals surface area (Å²) in [5.41, 5.74) is 0.214. The van der Waals surface area contributed by atoms with Gasteiger partial charge in [0.15, 0.2) is 0 Å². The van der Waals surface area contributed by atoms with E-state index in [1.807, 2.05) is 6.92 Å². The zero-order chi connectivity index (χ0) is 11.1. The number of carbonyl (C=O) groups excluding carboxylic acids is 1. The van der Waals surface area contributed by atoms with E-state index in [-0.39, 0.29) is 12.2 Å². The minimum Gasteiger partial charge on any atom is -0.460 e. The maximum atomic E-state index is 12.7. The molecule has 0 spiro atoms. The number of hydrogen-bond acceptors (Lipinski definition) is 3. The van der Waals surface area contributed by atoms with Crippen LogP contribution in [0.1, 0.15) is 17.3 Å². The number of benzene rings is 1. The molecule has 0 saturated carbocycles. The highest BCUT2D eigenvalue weighted by Gasteiger charge is 2.06. The topological polar surface area (TPSA) is 35.5 Å². The second-order valence-electron chi connectivity index (χ2n) is 2.84. The standard InChI is InChI=1S/C11H13FO3/c1-2-14-6-7-15-11(13)9-4-3-5-10(12)8-9/h3-5,8H,2,6-7H2,1H3. The molecule has 0 N–H and O–H groups in total. The van der Waals surface area contributed by atoms with Gasteiger partial charge in [0.05, 0.1) is 12.2 Å². The first kappa shape index (κ1) is 11.7. The Balaban J connectivity index is 2.40. The molecule has 4 heteroatoms. The van der Waals surface area contributed by atoms with E-state index in [1.165, 1.54) is 18.2 Å². The Hall–Kier alpha value is -1.42. The third-order valence-corrected chi connectivity index (χ3v) is 1.73. The highest BCUT2D eigenvalue weighted by molar-refractivity contribution is 5.89. The maximum absolute atomic E-state index is 12.7. The first-order chi connectivity index (χ1) is 7.24. The van der Waals surface area contributed by atoms with E-state index in [0.717, 1.165) is 6.07 Å². The van der Waals surface area contributed by atoms with Gasteiger partial charge in [-0.2, -0.15) is 0 Å². The third kappa shape index (κ3) is 4.08. The molecule has 0 aliphatic rings. The highest BCUT2D eigenvalue weighted by atomic mass is 19.1. The molecule has 0 aliphatic heterocycles. The lowest BCUT2D eigenvalue weighted by Crippen LogP contribution is -2.10. The highest BCUT2D eigenvalue weighted by Crippen LogP contribution is 2.04. The summed E-state index contributed by atoms with van der Waals surface area (Å²) in [4.78, 5) is 11.3. The molecule has 3 nitrogen and oxygen atoms in total. The molecule has 1 aromatic carbocycles. The number of esters is 1. The van der Waals surface area contributed by atoms with Crippen molar-refractivity contribution in [2.45, 2.75) is 6.92 Å². The average molecular weight is 212 g/mol. The van der Waals surface area contributed by atoms with E-state index < -0.39 is 11.8 Å². The van der Waals surface area contributed by atoms with Gasteiger partial charge >= 0.3 is 5.97 Å². The van der Waals surface area contributed by atoms with Crippen molar-refractivity contribution in [3.63, 3.8) is 0 Å². The molecular weight excluding hydrogens is 199 g/mol. The molecule has 0 aliphatic carbocycles. The molecule has 0 amide bonds. The summed E-state index contributed by atoms with van der Waals surface area (Å²) in [5, 5.41) is 0. The Labute approximate surface area is 87.8 Å². The van der Waals surface area contributed by atoms with E-state index in [4.69, 9.17) is 9.47 Å². The molecule has 82 valence electrons. The van der Waals surface area contributed by atoms with Crippen LogP contribution in [0.3, 0.4) is 0 Å². The number of ether oxygens (including phenoxy) is 2. The van der Waals surface area contributed by atoms with Gasteiger partial charge in [-0.25, -0.2) is 9.18 Å². The van der Waals surface area contributed by atoms with Gasteiger partial charge in [0.1, 0.15) is 12.4 Å². The predicted molar refractivity (Wildman–Crippen MR) is 53.2 cm³/mol. The Kier molecular flexibility index (Phi) is 4.77. The van der Waals surface area contributed by atoms with Crippen LogP contribution < -0.4 is 0 Å². The molecule has 0 fully saturated rings. The lowest BCUT2D eigenvalue weighted by atomic mass is 10.2. The van der Waals surface area contributed by atoms with Crippen LogP contribution in [0, 0.1) is 5.82 Å². The quantitative estimate of drug-likeness (QED) is 0.553. The van der Waals surface area contributed by atoms with Crippen LogP contribution in [0.15, 0.2) is 24.3 Å². The van der Waals surface area contributed by atoms with E-state index >= 15 is 0 Å².